The van der Waals surface area contributed by atoms with E-state index in [0.29, 0.717) is 6.61 Å². The standard InChI is InChI=1S/C21H30N2O3/c1-17(24)21(20(25)16-26-15-18-11-7-6-8-12-18)23-22-19-13-9-4-2-3-5-10-14-19/h6-8,11-12,21,23H,2-5,9-10,13-16H2,1H3. The van der Waals surface area contributed by atoms with Crippen LogP contribution in [-0.4, -0.2) is 29.9 Å². The topological polar surface area (TPSA) is 67.8 Å². The molecule has 26 heavy (non-hydrogen) atoms. The summed E-state index contributed by atoms with van der Waals surface area (Å²) in [6.07, 6.45) is 9.15. The summed E-state index contributed by atoms with van der Waals surface area (Å²) in [5, 5.41) is 4.40. The van der Waals surface area contributed by atoms with Crippen LogP contribution >= 0.6 is 0 Å². The van der Waals surface area contributed by atoms with Gasteiger partial charge in [-0.3, -0.25) is 15.0 Å². The molecule has 1 aliphatic rings. The molecular weight excluding hydrogens is 328 g/mol. The normalized spacial score (nSPS) is 16.7. The fourth-order valence-electron chi connectivity index (χ4n) is 3.07. The van der Waals surface area contributed by atoms with Crippen LogP contribution < -0.4 is 5.43 Å². The Labute approximate surface area is 156 Å². The van der Waals surface area contributed by atoms with Crippen molar-refractivity contribution in [2.45, 2.75) is 70.9 Å². The van der Waals surface area contributed by atoms with Crippen LogP contribution in [0.15, 0.2) is 35.4 Å². The maximum Gasteiger partial charge on any atom is 0.189 e. The first-order valence-corrected chi connectivity index (χ1v) is 9.62. The summed E-state index contributed by atoms with van der Waals surface area (Å²) in [4.78, 5) is 24.2. The van der Waals surface area contributed by atoms with E-state index in [4.69, 9.17) is 4.74 Å². The minimum atomic E-state index is -0.925. The van der Waals surface area contributed by atoms with Crippen molar-refractivity contribution in [1.29, 1.82) is 0 Å². The number of hydrogen-bond donors (Lipinski definition) is 1. The number of nitrogens with one attached hydrogen (secondary N) is 1. The minimum Gasteiger partial charge on any atom is -0.369 e. The summed E-state index contributed by atoms with van der Waals surface area (Å²) >= 11 is 0. The van der Waals surface area contributed by atoms with Gasteiger partial charge in [0, 0.05) is 5.71 Å². The maximum absolute atomic E-state index is 12.3. The number of carbonyl (C=O) groups excluding carboxylic acids is 2. The average Bonchev–Trinajstić information content (AvgIpc) is 2.76. The first-order valence-electron chi connectivity index (χ1n) is 9.62. The summed E-state index contributed by atoms with van der Waals surface area (Å²) in [5.74, 6) is -0.508. The molecule has 1 aromatic rings. The number of carbonyl (C=O) groups is 2. The van der Waals surface area contributed by atoms with E-state index in [1.54, 1.807) is 0 Å². The van der Waals surface area contributed by atoms with Crippen molar-refractivity contribution in [3.63, 3.8) is 0 Å². The third kappa shape index (κ3) is 7.48. The molecule has 1 saturated carbocycles. The molecule has 5 nitrogen and oxygen atoms in total. The van der Waals surface area contributed by atoms with Gasteiger partial charge in [-0.1, -0.05) is 56.0 Å². The van der Waals surface area contributed by atoms with Gasteiger partial charge in [0.15, 0.2) is 17.6 Å². The molecule has 0 bridgehead atoms. The minimum absolute atomic E-state index is 0.100. The lowest BCUT2D eigenvalue weighted by molar-refractivity contribution is -0.132. The molecule has 0 spiro atoms. The van der Waals surface area contributed by atoms with Gasteiger partial charge in [0.25, 0.3) is 0 Å². The quantitative estimate of drug-likeness (QED) is 0.567. The molecule has 0 heterocycles. The molecule has 0 radical (unpaired) electrons. The molecule has 0 aromatic heterocycles. The SMILES string of the molecule is CC(=O)C(NN=C1CCCCCCCC1)C(=O)COCc1ccccc1. The van der Waals surface area contributed by atoms with Crippen LogP contribution in [0, 0.1) is 0 Å². The number of ketones is 2. The Bertz CT molecular complexity index is 587. The predicted octanol–water partition coefficient (Wildman–Crippen LogP) is 3.81. The van der Waals surface area contributed by atoms with E-state index < -0.39 is 6.04 Å². The van der Waals surface area contributed by atoms with E-state index in [0.717, 1.165) is 37.0 Å². The van der Waals surface area contributed by atoms with Crippen molar-refractivity contribution in [2.75, 3.05) is 6.61 Å². The Morgan fingerprint density at radius 2 is 1.65 bits per heavy atom. The van der Waals surface area contributed by atoms with Crippen molar-refractivity contribution in [2.24, 2.45) is 5.10 Å². The summed E-state index contributed by atoms with van der Waals surface area (Å²) in [6.45, 7) is 1.67. The number of hydrogen-bond acceptors (Lipinski definition) is 5. The van der Waals surface area contributed by atoms with Crippen LogP contribution in [-0.2, 0) is 20.9 Å². The zero-order valence-electron chi connectivity index (χ0n) is 15.7. The highest BCUT2D eigenvalue weighted by molar-refractivity contribution is 6.06. The molecule has 0 amide bonds. The van der Waals surface area contributed by atoms with Crippen LogP contribution in [0.1, 0.15) is 63.9 Å². The predicted molar refractivity (Wildman–Crippen MR) is 103 cm³/mol. The first-order chi connectivity index (χ1) is 12.7. The Hall–Kier alpha value is -2.01. The van der Waals surface area contributed by atoms with Crippen molar-refractivity contribution < 1.29 is 14.3 Å². The summed E-state index contributed by atoms with van der Waals surface area (Å²) < 4.78 is 5.47. The highest BCUT2D eigenvalue weighted by Gasteiger charge is 2.23. The van der Waals surface area contributed by atoms with Gasteiger partial charge in [0.1, 0.15) is 6.61 Å². The monoisotopic (exact) mass is 358 g/mol. The van der Waals surface area contributed by atoms with Gasteiger partial charge in [-0.05, 0) is 38.2 Å². The van der Waals surface area contributed by atoms with E-state index in [9.17, 15) is 9.59 Å². The first kappa shape index (κ1) is 20.3. The number of nitrogens with zero attached hydrogens (tertiary/aromatic N) is 1. The molecule has 1 N–H and O–H groups in total. The second-order valence-corrected chi connectivity index (χ2v) is 6.92. The van der Waals surface area contributed by atoms with Gasteiger partial charge in [0.05, 0.1) is 6.61 Å². The van der Waals surface area contributed by atoms with Crippen molar-refractivity contribution in [3.8, 4) is 0 Å². The van der Waals surface area contributed by atoms with Crippen molar-refractivity contribution >= 4 is 17.3 Å². The van der Waals surface area contributed by atoms with Crippen molar-refractivity contribution in [1.82, 2.24) is 5.43 Å². The fourth-order valence-corrected chi connectivity index (χ4v) is 3.07. The van der Waals surface area contributed by atoms with Crippen LogP contribution in [0.5, 0.6) is 0 Å². The zero-order valence-corrected chi connectivity index (χ0v) is 15.7. The van der Waals surface area contributed by atoms with E-state index >= 15 is 0 Å². The number of ether oxygens (including phenoxy) is 1. The van der Waals surface area contributed by atoms with Gasteiger partial charge in [-0.25, -0.2) is 0 Å². The smallest absolute Gasteiger partial charge is 0.189 e. The largest absolute Gasteiger partial charge is 0.369 e. The van der Waals surface area contributed by atoms with E-state index in [1.165, 1.54) is 32.6 Å². The highest BCUT2D eigenvalue weighted by Crippen LogP contribution is 2.15. The number of hydrazone groups is 1. The highest BCUT2D eigenvalue weighted by atomic mass is 16.5. The Morgan fingerprint density at radius 1 is 1.04 bits per heavy atom. The number of rotatable bonds is 8. The molecule has 1 unspecified atom stereocenters. The van der Waals surface area contributed by atoms with E-state index in [-0.39, 0.29) is 18.2 Å². The molecule has 2 rings (SSSR count). The molecule has 1 atom stereocenters. The van der Waals surface area contributed by atoms with Crippen LogP contribution in [0.4, 0.5) is 0 Å². The number of Topliss-reactive ketones (excluding diaryl/α,β-unsaturated/α-hetero) is 2. The van der Waals surface area contributed by atoms with E-state index in [1.807, 2.05) is 30.3 Å². The molecule has 0 aliphatic heterocycles. The third-order valence-electron chi connectivity index (χ3n) is 4.62. The third-order valence-corrected chi connectivity index (χ3v) is 4.62. The second-order valence-electron chi connectivity index (χ2n) is 6.92. The van der Waals surface area contributed by atoms with Crippen molar-refractivity contribution in [3.05, 3.63) is 35.9 Å². The average molecular weight is 358 g/mol. The molecule has 5 heteroatoms. The van der Waals surface area contributed by atoms with Gasteiger partial charge >= 0.3 is 0 Å². The lowest BCUT2D eigenvalue weighted by Gasteiger charge is -2.14. The molecule has 142 valence electrons. The Kier molecular flexibility index (Phi) is 9.04. The maximum atomic E-state index is 12.3. The molecule has 1 aromatic carbocycles. The zero-order chi connectivity index (χ0) is 18.6. The van der Waals surface area contributed by atoms with E-state index in [2.05, 4.69) is 10.5 Å². The summed E-state index contributed by atoms with van der Waals surface area (Å²) in [7, 11) is 0. The van der Waals surface area contributed by atoms with Crippen LogP contribution in [0.3, 0.4) is 0 Å². The van der Waals surface area contributed by atoms with Crippen LogP contribution in [0.25, 0.3) is 0 Å². The van der Waals surface area contributed by atoms with Gasteiger partial charge in [0.2, 0.25) is 0 Å². The lowest BCUT2D eigenvalue weighted by atomic mass is 10.1. The van der Waals surface area contributed by atoms with Crippen LogP contribution in [0.2, 0.25) is 0 Å². The van der Waals surface area contributed by atoms with Gasteiger partial charge in [-0.2, -0.15) is 5.10 Å². The Morgan fingerprint density at radius 3 is 2.27 bits per heavy atom. The van der Waals surface area contributed by atoms with Gasteiger partial charge in [-0.15, -0.1) is 0 Å². The molecule has 1 fully saturated rings. The fraction of sp³-hybridized carbons (Fsp3) is 0.571. The lowest BCUT2D eigenvalue weighted by Crippen LogP contribution is -2.42. The second kappa shape index (κ2) is 11.6. The molecule has 1 aliphatic carbocycles. The van der Waals surface area contributed by atoms with Gasteiger partial charge < -0.3 is 4.74 Å². The summed E-state index contributed by atoms with van der Waals surface area (Å²) in [5.41, 5.74) is 4.88. The molecular formula is C21H30N2O3. The molecule has 0 saturated heterocycles. The Balaban J connectivity index is 1.84. The summed E-state index contributed by atoms with van der Waals surface area (Å²) in [6, 6.07) is 8.73. The number of benzene rings is 1.